The quantitative estimate of drug-likeness (QED) is 0.670. The first-order chi connectivity index (χ1) is 7.43. The standard InChI is InChI=1S/C10H14.C3H6O.C2H6/c1-8(2)10-6-4-5-9(3)7-10;1-3(2)4;1-2/h4-8H,1-3H3;1-2H3;1-2H3. The van der Waals surface area contributed by atoms with Crippen molar-refractivity contribution in [1.29, 1.82) is 0 Å². The second kappa shape index (κ2) is 10.4. The fourth-order valence-corrected chi connectivity index (χ4v) is 1.03. The molecule has 0 saturated heterocycles. The fourth-order valence-electron chi connectivity index (χ4n) is 1.03. The Labute approximate surface area is 101 Å². The number of hydrogen-bond acceptors (Lipinski definition) is 1. The van der Waals surface area contributed by atoms with E-state index >= 15 is 0 Å². The van der Waals surface area contributed by atoms with Crippen LogP contribution in [0, 0.1) is 6.92 Å². The minimum Gasteiger partial charge on any atom is -0.300 e. The van der Waals surface area contributed by atoms with E-state index in [1.165, 1.54) is 25.0 Å². The molecule has 0 aliphatic carbocycles. The number of Topliss-reactive ketones (excluding diaryl/α,β-unsaturated/α-hetero) is 1. The van der Waals surface area contributed by atoms with Gasteiger partial charge in [0.1, 0.15) is 5.78 Å². The summed E-state index contributed by atoms with van der Waals surface area (Å²) in [5.41, 5.74) is 2.78. The topological polar surface area (TPSA) is 17.1 Å². The molecule has 0 bridgehead atoms. The van der Waals surface area contributed by atoms with E-state index in [4.69, 9.17) is 0 Å². The molecule has 0 aromatic heterocycles. The van der Waals surface area contributed by atoms with Crippen LogP contribution < -0.4 is 0 Å². The highest BCUT2D eigenvalue weighted by molar-refractivity contribution is 5.72. The predicted octanol–water partition coefficient (Wildman–Crippen LogP) is 4.74. The van der Waals surface area contributed by atoms with Crippen LogP contribution in [-0.4, -0.2) is 5.78 Å². The molecule has 1 heteroatoms. The SMILES string of the molecule is CC.CC(C)=O.Cc1cccc(C(C)C)c1. The van der Waals surface area contributed by atoms with Crippen molar-refractivity contribution in [2.75, 3.05) is 0 Å². The molecule has 0 aliphatic rings. The number of ketones is 1. The van der Waals surface area contributed by atoms with Crippen LogP contribution in [0.25, 0.3) is 0 Å². The maximum atomic E-state index is 9.44. The summed E-state index contributed by atoms with van der Waals surface area (Å²) < 4.78 is 0. The highest BCUT2D eigenvalue weighted by Gasteiger charge is 1.96. The van der Waals surface area contributed by atoms with E-state index in [2.05, 4.69) is 45.0 Å². The Kier molecular flexibility index (Phi) is 11.2. The van der Waals surface area contributed by atoms with Crippen LogP contribution in [0.4, 0.5) is 0 Å². The zero-order valence-corrected chi connectivity index (χ0v) is 11.8. The van der Waals surface area contributed by atoms with Crippen LogP contribution in [0.1, 0.15) is 58.6 Å². The molecule has 0 amide bonds. The number of rotatable bonds is 1. The maximum Gasteiger partial charge on any atom is 0.126 e. The van der Waals surface area contributed by atoms with Crippen molar-refractivity contribution < 1.29 is 4.79 Å². The Balaban J connectivity index is 0. The molecule has 0 N–H and O–H groups in total. The lowest BCUT2D eigenvalue weighted by Gasteiger charge is -2.04. The Morgan fingerprint density at radius 1 is 1.12 bits per heavy atom. The Bertz CT molecular complexity index is 283. The summed E-state index contributed by atoms with van der Waals surface area (Å²) in [6.45, 7) is 13.6. The Morgan fingerprint density at radius 2 is 1.56 bits per heavy atom. The van der Waals surface area contributed by atoms with E-state index in [1.807, 2.05) is 13.8 Å². The number of benzene rings is 1. The molecular weight excluding hydrogens is 196 g/mol. The number of carbonyl (C=O) groups is 1. The van der Waals surface area contributed by atoms with Crippen LogP contribution in [0.15, 0.2) is 24.3 Å². The summed E-state index contributed by atoms with van der Waals surface area (Å²) in [7, 11) is 0. The van der Waals surface area contributed by atoms with E-state index in [1.54, 1.807) is 0 Å². The van der Waals surface area contributed by atoms with Crippen molar-refractivity contribution in [1.82, 2.24) is 0 Å². The molecule has 1 rings (SSSR count). The van der Waals surface area contributed by atoms with Gasteiger partial charge in [-0.15, -0.1) is 0 Å². The molecule has 0 atom stereocenters. The summed E-state index contributed by atoms with van der Waals surface area (Å²) in [5.74, 6) is 0.819. The molecule has 92 valence electrons. The van der Waals surface area contributed by atoms with Crippen molar-refractivity contribution in [3.63, 3.8) is 0 Å². The predicted molar refractivity (Wildman–Crippen MR) is 73.0 cm³/mol. The van der Waals surface area contributed by atoms with Crippen molar-refractivity contribution >= 4 is 5.78 Å². The first-order valence-corrected chi connectivity index (χ1v) is 5.97. The summed E-state index contributed by atoms with van der Waals surface area (Å²) in [6.07, 6.45) is 0. The van der Waals surface area contributed by atoms with Gasteiger partial charge >= 0.3 is 0 Å². The highest BCUT2D eigenvalue weighted by atomic mass is 16.1. The van der Waals surface area contributed by atoms with Gasteiger partial charge in [0.2, 0.25) is 0 Å². The molecule has 0 spiro atoms. The van der Waals surface area contributed by atoms with E-state index in [-0.39, 0.29) is 5.78 Å². The zero-order valence-electron chi connectivity index (χ0n) is 11.8. The molecule has 0 heterocycles. The molecule has 0 radical (unpaired) electrons. The first-order valence-electron chi connectivity index (χ1n) is 5.97. The van der Waals surface area contributed by atoms with Gasteiger partial charge in [-0.25, -0.2) is 0 Å². The lowest BCUT2D eigenvalue weighted by Crippen LogP contribution is -1.86. The molecule has 16 heavy (non-hydrogen) atoms. The second-order valence-corrected chi connectivity index (χ2v) is 3.98. The smallest absolute Gasteiger partial charge is 0.126 e. The third kappa shape index (κ3) is 11.0. The van der Waals surface area contributed by atoms with E-state index in [0.717, 1.165) is 0 Å². The molecular formula is C15H26O. The number of hydrogen-bond donors (Lipinski definition) is 0. The highest BCUT2D eigenvalue weighted by Crippen LogP contribution is 2.14. The van der Waals surface area contributed by atoms with Crippen molar-refractivity contribution in [2.24, 2.45) is 0 Å². The molecule has 0 aliphatic heterocycles. The van der Waals surface area contributed by atoms with Crippen LogP contribution in [-0.2, 0) is 4.79 Å². The van der Waals surface area contributed by atoms with E-state index < -0.39 is 0 Å². The van der Waals surface area contributed by atoms with Gasteiger partial charge in [0, 0.05) is 0 Å². The van der Waals surface area contributed by atoms with Gasteiger partial charge in [0.15, 0.2) is 0 Å². The van der Waals surface area contributed by atoms with Gasteiger partial charge in [-0.3, -0.25) is 0 Å². The largest absolute Gasteiger partial charge is 0.300 e. The monoisotopic (exact) mass is 222 g/mol. The Morgan fingerprint density at radius 3 is 1.81 bits per heavy atom. The number of carbonyl (C=O) groups excluding carboxylic acids is 1. The average molecular weight is 222 g/mol. The molecule has 0 unspecified atom stereocenters. The van der Waals surface area contributed by atoms with Crippen LogP contribution >= 0.6 is 0 Å². The van der Waals surface area contributed by atoms with Gasteiger partial charge in [-0.2, -0.15) is 0 Å². The third-order valence-electron chi connectivity index (χ3n) is 1.71. The summed E-state index contributed by atoms with van der Waals surface area (Å²) >= 11 is 0. The summed E-state index contributed by atoms with van der Waals surface area (Å²) in [5, 5.41) is 0. The van der Waals surface area contributed by atoms with Gasteiger partial charge in [0.25, 0.3) is 0 Å². The summed E-state index contributed by atoms with van der Waals surface area (Å²) in [4.78, 5) is 9.44. The minimum atomic E-state index is 0.167. The average Bonchev–Trinajstić information content (AvgIpc) is 2.20. The lowest BCUT2D eigenvalue weighted by atomic mass is 10.0. The molecule has 0 saturated carbocycles. The second-order valence-electron chi connectivity index (χ2n) is 3.98. The molecule has 1 aromatic rings. The van der Waals surface area contributed by atoms with E-state index in [9.17, 15) is 4.79 Å². The fraction of sp³-hybridized carbons (Fsp3) is 0.533. The van der Waals surface area contributed by atoms with Crippen LogP contribution in [0.3, 0.4) is 0 Å². The normalized spacial score (nSPS) is 8.50. The van der Waals surface area contributed by atoms with Gasteiger partial charge in [-0.05, 0) is 32.3 Å². The van der Waals surface area contributed by atoms with Crippen molar-refractivity contribution in [3.8, 4) is 0 Å². The van der Waals surface area contributed by atoms with Crippen LogP contribution in [0.5, 0.6) is 0 Å². The molecule has 1 aromatic carbocycles. The van der Waals surface area contributed by atoms with Gasteiger partial charge in [-0.1, -0.05) is 57.5 Å². The maximum absolute atomic E-state index is 9.44. The molecule has 0 fully saturated rings. The lowest BCUT2D eigenvalue weighted by molar-refractivity contribution is -0.114. The van der Waals surface area contributed by atoms with Crippen molar-refractivity contribution in [3.05, 3.63) is 35.4 Å². The first kappa shape index (κ1) is 17.3. The minimum absolute atomic E-state index is 0.167. The van der Waals surface area contributed by atoms with Crippen LogP contribution in [0.2, 0.25) is 0 Å². The summed E-state index contributed by atoms with van der Waals surface area (Å²) in [6, 6.07) is 8.67. The Hall–Kier alpha value is -1.11. The zero-order chi connectivity index (χ0) is 13.1. The number of aryl methyl sites for hydroxylation is 1. The van der Waals surface area contributed by atoms with Gasteiger partial charge in [0.05, 0.1) is 0 Å². The van der Waals surface area contributed by atoms with E-state index in [0.29, 0.717) is 5.92 Å². The molecule has 1 nitrogen and oxygen atoms in total. The van der Waals surface area contributed by atoms with Gasteiger partial charge < -0.3 is 4.79 Å². The van der Waals surface area contributed by atoms with Crippen molar-refractivity contribution in [2.45, 2.75) is 54.4 Å². The third-order valence-corrected chi connectivity index (χ3v) is 1.71.